The molecule has 2 amide bonds. The number of hydrogen-bond donors (Lipinski definition) is 0. The molecule has 0 radical (unpaired) electrons. The predicted molar refractivity (Wildman–Crippen MR) is 114 cm³/mol. The molecule has 1 heterocycles. The van der Waals surface area contributed by atoms with E-state index in [-0.39, 0.29) is 17.6 Å². The van der Waals surface area contributed by atoms with Crippen molar-refractivity contribution in [1.82, 2.24) is 4.90 Å². The maximum atomic E-state index is 13.5. The maximum Gasteiger partial charge on any atom is 0.261 e. The molecule has 0 spiro atoms. The number of nitrogens with zero attached hydrogens (tertiary/aromatic N) is 1. The summed E-state index contributed by atoms with van der Waals surface area (Å²) in [6.45, 7) is 8.25. The maximum absolute atomic E-state index is 13.5. The Hall–Kier alpha value is -2.31. The van der Waals surface area contributed by atoms with E-state index in [0.717, 1.165) is 23.7 Å². The van der Waals surface area contributed by atoms with E-state index in [2.05, 4.69) is 20.8 Å². The lowest BCUT2D eigenvalue weighted by Gasteiger charge is -2.48. The summed E-state index contributed by atoms with van der Waals surface area (Å²) >= 11 is 0. The minimum atomic E-state index is -2.06. The number of rotatable bonds is 7. The van der Waals surface area contributed by atoms with Crippen molar-refractivity contribution in [2.45, 2.75) is 58.0 Å². The zero-order chi connectivity index (χ0) is 21.2. The lowest BCUT2D eigenvalue weighted by molar-refractivity contribution is -0.158. The van der Waals surface area contributed by atoms with E-state index < -0.39 is 20.5 Å². The Labute approximate surface area is 172 Å². The van der Waals surface area contributed by atoms with Crippen LogP contribution in [-0.4, -0.2) is 31.1 Å². The third-order valence-corrected chi connectivity index (χ3v) is 10.7. The Morgan fingerprint density at radius 1 is 1.00 bits per heavy atom. The van der Waals surface area contributed by atoms with E-state index in [9.17, 15) is 14.0 Å². The number of carbonyl (C=O) groups excluding carboxylic acids is 2. The van der Waals surface area contributed by atoms with Gasteiger partial charge in [0.15, 0.2) is 14.4 Å². The van der Waals surface area contributed by atoms with Crippen molar-refractivity contribution in [3.8, 4) is 0 Å². The molecule has 1 fully saturated rings. The van der Waals surface area contributed by atoms with Gasteiger partial charge in [0.1, 0.15) is 5.82 Å². The first-order valence-electron chi connectivity index (χ1n) is 10.2. The summed E-state index contributed by atoms with van der Waals surface area (Å²) in [4.78, 5) is 27.4. The average Bonchev–Trinajstić information content (AvgIpc) is 2.74. The molecule has 0 unspecified atom stereocenters. The van der Waals surface area contributed by atoms with Crippen LogP contribution in [0.25, 0.3) is 0 Å². The van der Waals surface area contributed by atoms with Crippen LogP contribution < -0.4 is 0 Å². The molecule has 1 saturated heterocycles. The second kappa shape index (κ2) is 8.59. The van der Waals surface area contributed by atoms with E-state index in [4.69, 9.17) is 4.43 Å². The van der Waals surface area contributed by atoms with Crippen LogP contribution in [0.4, 0.5) is 4.39 Å². The van der Waals surface area contributed by atoms with Crippen molar-refractivity contribution in [2.24, 2.45) is 0 Å². The van der Waals surface area contributed by atoms with Crippen LogP contribution in [0.15, 0.2) is 48.5 Å². The number of hydrogen-bond acceptors (Lipinski definition) is 3. The molecule has 0 bridgehead atoms. The molecule has 3 rings (SSSR count). The lowest BCUT2D eigenvalue weighted by atomic mass is 9.90. The van der Waals surface area contributed by atoms with Gasteiger partial charge in [-0.05, 0) is 54.9 Å². The first kappa shape index (κ1) is 21.4. The summed E-state index contributed by atoms with van der Waals surface area (Å²) in [6.07, 6.45) is -0.693. The fourth-order valence-electron chi connectivity index (χ4n) is 3.89. The second-order valence-electron chi connectivity index (χ2n) is 7.66. The zero-order valence-corrected chi connectivity index (χ0v) is 18.4. The van der Waals surface area contributed by atoms with E-state index in [1.807, 2.05) is 19.1 Å². The van der Waals surface area contributed by atoms with Crippen molar-refractivity contribution in [3.05, 3.63) is 71.0 Å². The third kappa shape index (κ3) is 4.05. The predicted octanol–water partition coefficient (Wildman–Crippen LogP) is 5.25. The van der Waals surface area contributed by atoms with Crippen molar-refractivity contribution in [1.29, 1.82) is 0 Å². The highest BCUT2D eigenvalue weighted by molar-refractivity contribution is 6.73. The van der Waals surface area contributed by atoms with Crippen LogP contribution in [-0.2, 0) is 9.22 Å². The van der Waals surface area contributed by atoms with Gasteiger partial charge in [0.25, 0.3) is 11.8 Å². The van der Waals surface area contributed by atoms with Crippen LogP contribution in [0.3, 0.4) is 0 Å². The molecule has 6 heteroatoms. The molecular weight excluding hydrogens is 385 g/mol. The van der Waals surface area contributed by atoms with Crippen LogP contribution in [0.2, 0.25) is 18.1 Å². The lowest BCUT2D eigenvalue weighted by Crippen LogP contribution is -2.64. The van der Waals surface area contributed by atoms with Crippen molar-refractivity contribution in [3.63, 3.8) is 0 Å². The number of halogens is 1. The fourth-order valence-corrected chi connectivity index (χ4v) is 6.66. The highest BCUT2D eigenvalue weighted by Crippen LogP contribution is 2.41. The Kier molecular flexibility index (Phi) is 6.34. The van der Waals surface area contributed by atoms with Crippen molar-refractivity contribution < 1.29 is 18.4 Å². The molecule has 4 nitrogen and oxygen atoms in total. The molecule has 2 aromatic rings. The largest absolute Gasteiger partial charge is 0.403 e. The minimum Gasteiger partial charge on any atom is -0.403 e. The normalized spacial score (nSPS) is 19.2. The van der Waals surface area contributed by atoms with Gasteiger partial charge in [0.2, 0.25) is 0 Å². The second-order valence-corrected chi connectivity index (χ2v) is 12.4. The molecule has 0 aromatic heterocycles. The molecule has 154 valence electrons. The molecule has 1 aliphatic rings. The number of β-lactam (4-membered cyclic amide) rings is 1. The van der Waals surface area contributed by atoms with Gasteiger partial charge in [-0.15, -0.1) is 0 Å². The van der Waals surface area contributed by atoms with E-state index >= 15 is 0 Å². The highest BCUT2D eigenvalue weighted by Gasteiger charge is 2.54. The average molecular weight is 414 g/mol. The van der Waals surface area contributed by atoms with Crippen molar-refractivity contribution in [2.75, 3.05) is 0 Å². The van der Waals surface area contributed by atoms with E-state index in [0.29, 0.717) is 11.1 Å². The summed E-state index contributed by atoms with van der Waals surface area (Å²) in [5.74, 6) is -1.01. The van der Waals surface area contributed by atoms with Gasteiger partial charge in [0, 0.05) is 5.56 Å². The van der Waals surface area contributed by atoms with E-state index in [1.54, 1.807) is 24.3 Å². The molecule has 1 aliphatic heterocycles. The first-order chi connectivity index (χ1) is 13.9. The molecule has 2 atom stereocenters. The smallest absolute Gasteiger partial charge is 0.261 e. The summed E-state index contributed by atoms with van der Waals surface area (Å²) in [6, 6.07) is 15.3. The Balaban J connectivity index is 1.95. The van der Waals surface area contributed by atoms with Gasteiger partial charge in [-0.3, -0.25) is 14.5 Å². The van der Waals surface area contributed by atoms with Crippen molar-refractivity contribution >= 4 is 20.1 Å². The Bertz CT molecular complexity index is 870. The molecule has 2 aromatic carbocycles. The number of carbonyl (C=O) groups is 2. The monoisotopic (exact) mass is 413 g/mol. The zero-order valence-electron chi connectivity index (χ0n) is 17.4. The summed E-state index contributed by atoms with van der Waals surface area (Å²) in [5, 5.41) is 0. The van der Waals surface area contributed by atoms with Gasteiger partial charge in [-0.25, -0.2) is 4.39 Å². The molecule has 0 N–H and O–H groups in total. The quantitative estimate of drug-likeness (QED) is 0.354. The number of benzene rings is 2. The molecule has 0 aliphatic carbocycles. The van der Waals surface area contributed by atoms with Crippen LogP contribution in [0.5, 0.6) is 0 Å². The fraction of sp³-hybridized carbons (Fsp3) is 0.391. The van der Waals surface area contributed by atoms with Crippen LogP contribution in [0.1, 0.15) is 48.3 Å². The summed E-state index contributed by atoms with van der Waals surface area (Å²) in [5.41, 5.74) is 2.21. The van der Waals surface area contributed by atoms with Gasteiger partial charge in [0.05, 0.1) is 6.04 Å². The minimum absolute atomic E-state index is 0.308. The van der Waals surface area contributed by atoms with Crippen LogP contribution in [0, 0.1) is 12.7 Å². The molecule has 29 heavy (non-hydrogen) atoms. The highest BCUT2D eigenvalue weighted by atomic mass is 28.4. The van der Waals surface area contributed by atoms with Gasteiger partial charge in [-0.2, -0.15) is 0 Å². The SMILES string of the molecule is CC[Si](CC)(CC)O[C@@H]1C(=O)N(C(=O)c2ccc(C)cc2)[C@@H]1c1ccc(F)cc1. The van der Waals surface area contributed by atoms with Crippen LogP contribution >= 0.6 is 0 Å². The third-order valence-electron chi connectivity index (χ3n) is 6.08. The Morgan fingerprint density at radius 2 is 1.55 bits per heavy atom. The first-order valence-corrected chi connectivity index (χ1v) is 12.8. The van der Waals surface area contributed by atoms with Gasteiger partial charge < -0.3 is 4.43 Å². The number of amides is 2. The summed E-state index contributed by atoms with van der Waals surface area (Å²) < 4.78 is 19.9. The molecule has 0 saturated carbocycles. The van der Waals surface area contributed by atoms with Gasteiger partial charge in [-0.1, -0.05) is 50.6 Å². The number of likely N-dealkylation sites (tertiary alicyclic amines) is 1. The van der Waals surface area contributed by atoms with Gasteiger partial charge >= 0.3 is 0 Å². The standard InChI is InChI=1S/C23H28FNO3Si/c1-5-29(6-2,7-3)28-21-20(17-12-14-19(24)15-13-17)25(23(21)27)22(26)18-10-8-16(4)9-11-18/h8-15,20-21H,5-7H2,1-4H3/t20-,21+/m1/s1. The molecular formula is C23H28FNO3Si. The summed E-state index contributed by atoms with van der Waals surface area (Å²) in [7, 11) is -2.06. The van der Waals surface area contributed by atoms with E-state index in [1.165, 1.54) is 17.0 Å². The number of imide groups is 1. The Morgan fingerprint density at radius 3 is 2.07 bits per heavy atom. The number of aryl methyl sites for hydroxylation is 1. The topological polar surface area (TPSA) is 46.6 Å².